The highest BCUT2D eigenvalue weighted by atomic mass is 32.2. The molecule has 0 aliphatic carbocycles. The van der Waals surface area contributed by atoms with E-state index in [2.05, 4.69) is 15.3 Å². The second-order valence-electron chi connectivity index (χ2n) is 8.10. The van der Waals surface area contributed by atoms with Crippen LogP contribution in [0.25, 0.3) is 0 Å². The number of hydrogen-bond acceptors (Lipinski definition) is 6. The highest BCUT2D eigenvalue weighted by Gasteiger charge is 2.42. The van der Waals surface area contributed by atoms with E-state index < -0.39 is 6.04 Å². The maximum atomic E-state index is 13.3. The highest BCUT2D eigenvalue weighted by Crippen LogP contribution is 2.34. The molecule has 5 rings (SSSR count). The van der Waals surface area contributed by atoms with Gasteiger partial charge in [-0.25, -0.2) is 9.89 Å². The summed E-state index contributed by atoms with van der Waals surface area (Å²) in [4.78, 5) is 49.3. The van der Waals surface area contributed by atoms with E-state index in [1.807, 2.05) is 72.8 Å². The Morgan fingerprint density at radius 3 is 2.37 bits per heavy atom. The molecular weight excluding hydrogens is 460 g/mol. The Kier molecular flexibility index (Phi) is 6.54. The lowest BCUT2D eigenvalue weighted by Crippen LogP contribution is -2.42. The summed E-state index contributed by atoms with van der Waals surface area (Å²) in [5.74, 6) is -0.0299. The third kappa shape index (κ3) is 4.93. The number of ketones is 1. The van der Waals surface area contributed by atoms with E-state index in [1.54, 1.807) is 12.1 Å². The van der Waals surface area contributed by atoms with E-state index in [0.717, 1.165) is 11.1 Å². The Bertz CT molecular complexity index is 1340. The molecule has 2 heterocycles. The molecule has 0 spiro atoms. The largest absolute Gasteiger partial charge is 0.352 e. The lowest BCUT2D eigenvalue weighted by molar-refractivity contribution is -0.128. The van der Waals surface area contributed by atoms with Gasteiger partial charge in [0.1, 0.15) is 11.9 Å². The summed E-state index contributed by atoms with van der Waals surface area (Å²) >= 11 is 1.20. The monoisotopic (exact) mass is 482 g/mol. The molecule has 2 aliphatic rings. The molecular formula is C27H22N4O3S. The maximum absolute atomic E-state index is 13.3. The molecule has 35 heavy (non-hydrogen) atoms. The number of carbonyl (C=O) groups excluding carboxylic acids is 3. The number of benzene rings is 3. The summed E-state index contributed by atoms with van der Waals surface area (Å²) in [6.45, 7) is 0.383. The van der Waals surface area contributed by atoms with Crippen molar-refractivity contribution in [2.75, 3.05) is 5.75 Å². The van der Waals surface area contributed by atoms with Gasteiger partial charge >= 0.3 is 0 Å². The number of thioether (sulfide) groups is 1. The van der Waals surface area contributed by atoms with Gasteiger partial charge in [-0.05, 0) is 17.7 Å². The van der Waals surface area contributed by atoms with Crippen molar-refractivity contribution in [2.45, 2.75) is 19.0 Å². The van der Waals surface area contributed by atoms with Gasteiger partial charge in [-0.15, -0.1) is 0 Å². The first-order valence-electron chi connectivity index (χ1n) is 11.2. The number of para-hydroxylation sites is 1. The highest BCUT2D eigenvalue weighted by molar-refractivity contribution is 8.14. The van der Waals surface area contributed by atoms with Gasteiger partial charge in [0, 0.05) is 17.7 Å². The molecule has 174 valence electrons. The number of hydrogen-bond donors (Lipinski definition) is 1. The van der Waals surface area contributed by atoms with Crippen LogP contribution >= 0.6 is 11.8 Å². The molecule has 1 atom stereocenters. The molecule has 0 unspecified atom stereocenters. The van der Waals surface area contributed by atoms with Crippen LogP contribution in [0.1, 0.15) is 27.9 Å². The molecule has 1 N–H and O–H groups in total. The van der Waals surface area contributed by atoms with E-state index in [1.165, 1.54) is 16.7 Å². The number of amides is 2. The molecule has 0 bridgehead atoms. The molecule has 0 saturated carbocycles. The topological polar surface area (TPSA) is 91.2 Å². The SMILES string of the molecule is O=C(C[C@H]1N=C2c3ccccc3N=C(SCC(=O)c3ccccc3)N2C1=O)NCc1ccccc1. The van der Waals surface area contributed by atoms with Crippen LogP contribution in [-0.2, 0) is 16.1 Å². The van der Waals surface area contributed by atoms with E-state index in [9.17, 15) is 14.4 Å². The second kappa shape index (κ2) is 10.1. The number of nitrogens with one attached hydrogen (secondary N) is 1. The predicted octanol–water partition coefficient (Wildman–Crippen LogP) is 3.97. The van der Waals surface area contributed by atoms with Gasteiger partial charge in [-0.2, -0.15) is 0 Å². The first kappa shape index (κ1) is 22.7. The summed E-state index contributed by atoms with van der Waals surface area (Å²) in [7, 11) is 0. The zero-order valence-corrected chi connectivity index (χ0v) is 19.6. The molecule has 0 radical (unpaired) electrons. The fraction of sp³-hybridized carbons (Fsp3) is 0.148. The minimum absolute atomic E-state index is 0.0564. The number of Topliss-reactive ketones (excluding diaryl/α,β-unsaturated/α-hetero) is 1. The van der Waals surface area contributed by atoms with Gasteiger partial charge in [0.05, 0.1) is 17.9 Å². The molecule has 0 aromatic heterocycles. The summed E-state index contributed by atoms with van der Waals surface area (Å²) < 4.78 is 0. The van der Waals surface area contributed by atoms with Gasteiger partial charge in [-0.3, -0.25) is 19.4 Å². The van der Waals surface area contributed by atoms with Crippen molar-refractivity contribution < 1.29 is 14.4 Å². The quantitative estimate of drug-likeness (QED) is 0.516. The fourth-order valence-electron chi connectivity index (χ4n) is 3.91. The van der Waals surface area contributed by atoms with Crippen molar-refractivity contribution in [3.05, 3.63) is 102 Å². The van der Waals surface area contributed by atoms with Gasteiger partial charge in [0.2, 0.25) is 5.91 Å². The molecule has 3 aromatic rings. The lowest BCUT2D eigenvalue weighted by atomic mass is 10.1. The summed E-state index contributed by atoms with van der Waals surface area (Å²) in [6.07, 6.45) is -0.0608. The van der Waals surface area contributed by atoms with Crippen LogP contribution in [-0.4, -0.2) is 45.3 Å². The van der Waals surface area contributed by atoms with Crippen molar-refractivity contribution in [3.8, 4) is 0 Å². The summed E-state index contributed by atoms with van der Waals surface area (Å²) in [6, 6.07) is 25.2. The minimum Gasteiger partial charge on any atom is -0.352 e. The Hall–Kier alpha value is -4.04. The van der Waals surface area contributed by atoms with Crippen molar-refractivity contribution in [2.24, 2.45) is 9.98 Å². The van der Waals surface area contributed by atoms with E-state index in [4.69, 9.17) is 0 Å². The minimum atomic E-state index is -0.845. The first-order valence-corrected chi connectivity index (χ1v) is 12.2. The molecule has 7 nitrogen and oxygen atoms in total. The molecule has 0 fully saturated rings. The predicted molar refractivity (Wildman–Crippen MR) is 137 cm³/mol. The molecule has 8 heteroatoms. The zero-order chi connectivity index (χ0) is 24.2. The number of aliphatic imine (C=N–C) groups is 2. The average molecular weight is 483 g/mol. The number of carbonyl (C=O) groups is 3. The molecule has 2 amide bonds. The van der Waals surface area contributed by atoms with Gasteiger partial charge < -0.3 is 5.32 Å². The molecule has 3 aromatic carbocycles. The third-order valence-corrected chi connectivity index (χ3v) is 6.63. The average Bonchev–Trinajstić information content (AvgIpc) is 3.23. The lowest BCUT2D eigenvalue weighted by Gasteiger charge is -2.25. The van der Waals surface area contributed by atoms with Crippen LogP contribution in [0, 0.1) is 0 Å². The zero-order valence-electron chi connectivity index (χ0n) is 18.8. The van der Waals surface area contributed by atoms with Crippen LogP contribution in [0.3, 0.4) is 0 Å². The van der Waals surface area contributed by atoms with E-state index >= 15 is 0 Å². The molecule has 2 aliphatic heterocycles. The van der Waals surface area contributed by atoms with Gasteiger partial charge in [-0.1, -0.05) is 84.6 Å². The van der Waals surface area contributed by atoms with E-state index in [-0.39, 0.29) is 29.8 Å². The van der Waals surface area contributed by atoms with Crippen LogP contribution in [0.2, 0.25) is 0 Å². The van der Waals surface area contributed by atoms with Crippen molar-refractivity contribution in [3.63, 3.8) is 0 Å². The fourth-order valence-corrected chi connectivity index (χ4v) is 4.81. The molecule has 0 saturated heterocycles. The van der Waals surface area contributed by atoms with Crippen LogP contribution in [0.5, 0.6) is 0 Å². The van der Waals surface area contributed by atoms with Gasteiger partial charge in [0.25, 0.3) is 5.91 Å². The maximum Gasteiger partial charge on any atom is 0.259 e. The van der Waals surface area contributed by atoms with Crippen LogP contribution in [0.15, 0.2) is 94.9 Å². The van der Waals surface area contributed by atoms with Crippen molar-refractivity contribution >= 4 is 46.1 Å². The Morgan fingerprint density at radius 1 is 0.914 bits per heavy atom. The number of rotatable bonds is 7. The van der Waals surface area contributed by atoms with Crippen LogP contribution in [0.4, 0.5) is 5.69 Å². The normalized spacial score (nSPS) is 16.2. The van der Waals surface area contributed by atoms with Crippen molar-refractivity contribution in [1.29, 1.82) is 0 Å². The van der Waals surface area contributed by atoms with E-state index in [0.29, 0.717) is 28.8 Å². The smallest absolute Gasteiger partial charge is 0.259 e. The Morgan fingerprint density at radius 2 is 1.60 bits per heavy atom. The van der Waals surface area contributed by atoms with Crippen LogP contribution < -0.4 is 5.32 Å². The summed E-state index contributed by atoms with van der Waals surface area (Å²) in [5.41, 5.74) is 2.99. The number of nitrogens with zero attached hydrogens (tertiary/aromatic N) is 3. The van der Waals surface area contributed by atoms with Gasteiger partial charge in [0.15, 0.2) is 11.0 Å². The first-order chi connectivity index (χ1) is 17.1. The number of amidine groups is 2. The second-order valence-corrected chi connectivity index (χ2v) is 9.04. The Labute approximate surface area is 207 Å². The van der Waals surface area contributed by atoms with Crippen molar-refractivity contribution in [1.82, 2.24) is 10.2 Å². The summed E-state index contributed by atoms with van der Waals surface area (Å²) in [5, 5.41) is 3.25. The standard InChI is InChI=1S/C27H22N4O3S/c32-23(19-11-5-2-6-12-19)17-35-27-30-21-14-8-7-13-20(21)25-29-22(26(34)31(25)27)15-24(33)28-16-18-9-3-1-4-10-18/h1-14,22H,15-17H2,(H,28,33)/t22-/m1/s1. The Balaban J connectivity index is 1.32. The third-order valence-electron chi connectivity index (χ3n) is 5.69. The number of fused-ring (bicyclic) bond motifs is 3.